The highest BCUT2D eigenvalue weighted by molar-refractivity contribution is 5.82. The maximum absolute atomic E-state index is 11.1. The molecule has 15 heavy (non-hydrogen) atoms. The van der Waals surface area contributed by atoms with E-state index in [4.69, 9.17) is 0 Å². The van der Waals surface area contributed by atoms with Crippen LogP contribution in [0.1, 0.15) is 12.5 Å². The van der Waals surface area contributed by atoms with Gasteiger partial charge in [-0.3, -0.25) is 0 Å². The van der Waals surface area contributed by atoms with Crippen molar-refractivity contribution >= 4 is 12.0 Å². The molecule has 0 radical (unpaired) electrons. The van der Waals surface area contributed by atoms with Gasteiger partial charge in [-0.15, -0.1) is 0 Å². The van der Waals surface area contributed by atoms with Crippen molar-refractivity contribution in [2.45, 2.75) is 12.5 Å². The predicted octanol–water partition coefficient (Wildman–Crippen LogP) is 1.62. The molecule has 3 heteroatoms. The molecule has 0 amide bonds. The Balaban J connectivity index is 2.77. The molecule has 0 aliphatic carbocycles. The Labute approximate surface area is 89.0 Å². The highest BCUT2D eigenvalue weighted by Crippen LogP contribution is 2.11. The topological polar surface area (TPSA) is 46.5 Å². The first kappa shape index (κ1) is 11.5. The number of methoxy groups -OCH3 is 1. The molecule has 3 nitrogen and oxygen atoms in total. The molecular formula is C12H14O3. The van der Waals surface area contributed by atoms with Crippen molar-refractivity contribution < 1.29 is 14.6 Å². The van der Waals surface area contributed by atoms with Crippen LogP contribution in [-0.4, -0.2) is 23.8 Å². The highest BCUT2D eigenvalue weighted by atomic mass is 16.5. The summed E-state index contributed by atoms with van der Waals surface area (Å²) < 4.78 is 4.46. The number of hydrogen-bond acceptors (Lipinski definition) is 3. The van der Waals surface area contributed by atoms with Crippen LogP contribution >= 0.6 is 0 Å². The number of benzene rings is 1. The predicted molar refractivity (Wildman–Crippen MR) is 58.1 cm³/mol. The third-order valence-electron chi connectivity index (χ3n) is 2.00. The average Bonchev–Trinajstić information content (AvgIpc) is 2.27. The van der Waals surface area contributed by atoms with Gasteiger partial charge in [-0.05, 0) is 18.6 Å². The number of hydrogen-bond donors (Lipinski definition) is 1. The summed E-state index contributed by atoms with van der Waals surface area (Å²) in [6, 6.07) is 9.42. The standard InChI is InChI=1S/C12H14O3/c1-12(14,11(13)15-2)9-8-10-6-4-3-5-7-10/h3-9,14H,1-2H3/t12-/m1/s1. The molecule has 0 fully saturated rings. The molecule has 0 aliphatic rings. The first-order valence-electron chi connectivity index (χ1n) is 4.61. The lowest BCUT2D eigenvalue weighted by atomic mass is 10.1. The van der Waals surface area contributed by atoms with Crippen molar-refractivity contribution in [1.82, 2.24) is 0 Å². The van der Waals surface area contributed by atoms with Crippen molar-refractivity contribution in [3.63, 3.8) is 0 Å². The third-order valence-corrected chi connectivity index (χ3v) is 2.00. The molecule has 0 spiro atoms. The molecule has 80 valence electrons. The van der Waals surface area contributed by atoms with Gasteiger partial charge in [-0.1, -0.05) is 36.4 Å². The van der Waals surface area contributed by atoms with Crippen molar-refractivity contribution in [3.8, 4) is 0 Å². The summed E-state index contributed by atoms with van der Waals surface area (Å²) in [4.78, 5) is 11.1. The van der Waals surface area contributed by atoms with Crippen LogP contribution in [-0.2, 0) is 9.53 Å². The maximum Gasteiger partial charge on any atom is 0.341 e. The Morgan fingerprint density at radius 2 is 2.00 bits per heavy atom. The zero-order valence-electron chi connectivity index (χ0n) is 8.81. The normalized spacial score (nSPS) is 14.9. The molecule has 0 heterocycles. The van der Waals surface area contributed by atoms with Crippen LogP contribution in [0.5, 0.6) is 0 Å². The molecule has 1 atom stereocenters. The van der Waals surface area contributed by atoms with E-state index in [1.54, 1.807) is 6.08 Å². The van der Waals surface area contributed by atoms with Gasteiger partial charge in [-0.25, -0.2) is 4.79 Å². The number of carbonyl (C=O) groups excluding carboxylic acids is 1. The number of ether oxygens (including phenoxy) is 1. The monoisotopic (exact) mass is 206 g/mol. The largest absolute Gasteiger partial charge is 0.467 e. The van der Waals surface area contributed by atoms with Gasteiger partial charge in [0.25, 0.3) is 0 Å². The summed E-state index contributed by atoms with van der Waals surface area (Å²) in [7, 11) is 1.24. The molecular weight excluding hydrogens is 192 g/mol. The lowest BCUT2D eigenvalue weighted by Gasteiger charge is -2.14. The lowest BCUT2D eigenvalue weighted by molar-refractivity contribution is -0.155. The van der Waals surface area contributed by atoms with E-state index in [2.05, 4.69) is 4.74 Å². The highest BCUT2D eigenvalue weighted by Gasteiger charge is 2.27. The van der Waals surface area contributed by atoms with Crippen molar-refractivity contribution in [1.29, 1.82) is 0 Å². The summed E-state index contributed by atoms with van der Waals surface area (Å²) >= 11 is 0. The van der Waals surface area contributed by atoms with E-state index in [1.165, 1.54) is 20.1 Å². The molecule has 0 aliphatic heterocycles. The van der Waals surface area contributed by atoms with Crippen LogP contribution < -0.4 is 0 Å². The lowest BCUT2D eigenvalue weighted by Crippen LogP contribution is -2.33. The van der Waals surface area contributed by atoms with Gasteiger partial charge in [0.2, 0.25) is 0 Å². The molecule has 0 saturated carbocycles. The van der Waals surface area contributed by atoms with Crippen molar-refractivity contribution in [3.05, 3.63) is 42.0 Å². The first-order valence-corrected chi connectivity index (χ1v) is 4.61. The Morgan fingerprint density at radius 1 is 1.40 bits per heavy atom. The molecule has 0 aromatic heterocycles. The van der Waals surface area contributed by atoms with Crippen molar-refractivity contribution in [2.24, 2.45) is 0 Å². The van der Waals surface area contributed by atoms with E-state index in [1.807, 2.05) is 30.3 Å². The average molecular weight is 206 g/mol. The minimum atomic E-state index is -1.58. The minimum absolute atomic E-state index is 0.672. The Bertz CT molecular complexity index is 352. The molecule has 0 bridgehead atoms. The fourth-order valence-electron chi connectivity index (χ4n) is 1.10. The van der Waals surface area contributed by atoms with Gasteiger partial charge < -0.3 is 9.84 Å². The summed E-state index contributed by atoms with van der Waals surface area (Å²) in [5, 5.41) is 9.68. The number of aliphatic hydroxyl groups is 1. The van der Waals surface area contributed by atoms with Crippen LogP contribution in [0, 0.1) is 0 Å². The summed E-state index contributed by atoms with van der Waals surface area (Å²) in [6.45, 7) is 1.39. The first-order chi connectivity index (χ1) is 7.06. The molecule has 1 rings (SSSR count). The van der Waals surface area contributed by atoms with E-state index in [0.29, 0.717) is 0 Å². The summed E-state index contributed by atoms with van der Waals surface area (Å²) in [6.07, 6.45) is 3.09. The van der Waals surface area contributed by atoms with E-state index in [9.17, 15) is 9.90 Å². The number of carbonyl (C=O) groups is 1. The molecule has 1 aromatic carbocycles. The second kappa shape index (κ2) is 4.75. The van der Waals surface area contributed by atoms with E-state index < -0.39 is 11.6 Å². The minimum Gasteiger partial charge on any atom is -0.467 e. The van der Waals surface area contributed by atoms with Crippen LogP contribution in [0.25, 0.3) is 6.08 Å². The smallest absolute Gasteiger partial charge is 0.341 e. The van der Waals surface area contributed by atoms with Crippen molar-refractivity contribution in [2.75, 3.05) is 7.11 Å². The van der Waals surface area contributed by atoms with Crippen LogP contribution in [0.4, 0.5) is 0 Å². The van der Waals surface area contributed by atoms with E-state index in [-0.39, 0.29) is 0 Å². The van der Waals surface area contributed by atoms with Crippen LogP contribution in [0.15, 0.2) is 36.4 Å². The van der Waals surface area contributed by atoms with Crippen LogP contribution in [0.3, 0.4) is 0 Å². The Hall–Kier alpha value is -1.61. The Morgan fingerprint density at radius 3 is 2.53 bits per heavy atom. The van der Waals surface area contributed by atoms with Gasteiger partial charge in [0.1, 0.15) is 0 Å². The van der Waals surface area contributed by atoms with Crippen LogP contribution in [0.2, 0.25) is 0 Å². The third kappa shape index (κ3) is 3.22. The second-order valence-corrected chi connectivity index (χ2v) is 3.38. The molecule has 0 unspecified atom stereocenters. The Kier molecular flexibility index (Phi) is 3.63. The number of esters is 1. The van der Waals surface area contributed by atoms with Gasteiger partial charge in [0.05, 0.1) is 7.11 Å². The van der Waals surface area contributed by atoms with E-state index >= 15 is 0 Å². The molecule has 1 N–H and O–H groups in total. The van der Waals surface area contributed by atoms with Gasteiger partial charge in [0, 0.05) is 0 Å². The van der Waals surface area contributed by atoms with Gasteiger partial charge >= 0.3 is 5.97 Å². The van der Waals surface area contributed by atoms with Gasteiger partial charge in [0.15, 0.2) is 5.60 Å². The summed E-state index contributed by atoms with van der Waals surface area (Å²) in [5.74, 6) is -0.672. The maximum atomic E-state index is 11.1. The fraction of sp³-hybridized carbons (Fsp3) is 0.250. The number of rotatable bonds is 3. The SMILES string of the molecule is COC(=O)[C@](C)(O)C=Cc1ccccc1. The zero-order chi connectivity index (χ0) is 11.3. The zero-order valence-corrected chi connectivity index (χ0v) is 8.81. The fourth-order valence-corrected chi connectivity index (χ4v) is 1.10. The molecule has 1 aromatic rings. The van der Waals surface area contributed by atoms with E-state index in [0.717, 1.165) is 5.56 Å². The second-order valence-electron chi connectivity index (χ2n) is 3.38. The summed E-state index contributed by atoms with van der Waals surface area (Å²) in [5.41, 5.74) is -0.661. The molecule has 0 saturated heterocycles. The van der Waals surface area contributed by atoms with Gasteiger partial charge in [-0.2, -0.15) is 0 Å². The quantitative estimate of drug-likeness (QED) is 0.764.